The van der Waals surface area contributed by atoms with Gasteiger partial charge in [-0.2, -0.15) is 0 Å². The average Bonchev–Trinajstić information content (AvgIpc) is 3.09. The van der Waals surface area contributed by atoms with Gasteiger partial charge in [0.05, 0.1) is 12.2 Å². The van der Waals surface area contributed by atoms with Gasteiger partial charge in [-0.25, -0.2) is 9.59 Å². The molecule has 2 N–H and O–H groups in total. The summed E-state index contributed by atoms with van der Waals surface area (Å²) in [5, 5.41) is 2.78. The minimum atomic E-state index is -1.01. The van der Waals surface area contributed by atoms with Crippen molar-refractivity contribution in [2.45, 2.75) is 53.1 Å². The van der Waals surface area contributed by atoms with Crippen LogP contribution in [0.15, 0.2) is 24.3 Å². The Morgan fingerprint density at radius 1 is 1.06 bits per heavy atom. The van der Waals surface area contributed by atoms with Crippen LogP contribution >= 0.6 is 0 Å². The summed E-state index contributed by atoms with van der Waals surface area (Å²) in [6.07, 6.45) is 2.66. The zero-order valence-corrected chi connectivity index (χ0v) is 19.1. The lowest BCUT2D eigenvalue weighted by Gasteiger charge is -2.28. The fourth-order valence-corrected chi connectivity index (χ4v) is 3.89. The second-order valence-corrected chi connectivity index (χ2v) is 7.98. The Morgan fingerprint density at radius 3 is 2.34 bits per heavy atom. The zero-order chi connectivity index (χ0) is 23.3. The molecule has 8 heteroatoms. The number of anilines is 2. The van der Waals surface area contributed by atoms with E-state index in [1.165, 1.54) is 26.2 Å². The van der Waals surface area contributed by atoms with Crippen molar-refractivity contribution in [1.82, 2.24) is 4.98 Å². The molecule has 0 unspecified atom stereocenters. The average molecular weight is 442 g/mol. The van der Waals surface area contributed by atoms with Gasteiger partial charge in [0.25, 0.3) is 5.91 Å². The third kappa shape index (κ3) is 5.30. The highest BCUT2D eigenvalue weighted by Gasteiger charge is 2.26. The Kier molecular flexibility index (Phi) is 7.56. The number of piperidine rings is 1. The number of hydrogen-bond donors (Lipinski definition) is 2. The van der Waals surface area contributed by atoms with E-state index in [1.807, 2.05) is 24.3 Å². The molecule has 0 saturated carbocycles. The van der Waals surface area contributed by atoms with Gasteiger partial charge < -0.3 is 24.7 Å². The maximum atomic E-state index is 12.7. The Hall–Kier alpha value is -3.29. The molecule has 1 atom stereocenters. The maximum absolute atomic E-state index is 12.7. The molecule has 1 saturated heterocycles. The number of amides is 1. The molecule has 1 aromatic heterocycles. The van der Waals surface area contributed by atoms with Crippen LogP contribution < -0.4 is 10.2 Å². The van der Waals surface area contributed by atoms with Crippen LogP contribution in [0.25, 0.3) is 0 Å². The van der Waals surface area contributed by atoms with Gasteiger partial charge in [0.15, 0.2) is 6.10 Å². The second kappa shape index (κ2) is 10.3. The fraction of sp³-hybridized carbons (Fsp3) is 0.458. The second-order valence-electron chi connectivity index (χ2n) is 7.98. The summed E-state index contributed by atoms with van der Waals surface area (Å²) in [6.45, 7) is 8.86. The first-order valence-corrected chi connectivity index (χ1v) is 11.0. The van der Waals surface area contributed by atoms with Gasteiger partial charge in [-0.3, -0.25) is 4.79 Å². The van der Waals surface area contributed by atoms with E-state index in [9.17, 15) is 14.4 Å². The van der Waals surface area contributed by atoms with Crippen LogP contribution in [0.3, 0.4) is 0 Å². The molecule has 1 aliphatic rings. The van der Waals surface area contributed by atoms with Crippen LogP contribution in [0, 0.1) is 13.8 Å². The number of nitrogens with zero attached hydrogens (tertiary/aromatic N) is 1. The maximum Gasteiger partial charge on any atom is 0.355 e. The van der Waals surface area contributed by atoms with E-state index in [-0.39, 0.29) is 17.9 Å². The molecule has 3 rings (SSSR count). The molecule has 0 aliphatic carbocycles. The van der Waals surface area contributed by atoms with Crippen LogP contribution in [-0.2, 0) is 14.3 Å². The molecule has 1 fully saturated rings. The summed E-state index contributed by atoms with van der Waals surface area (Å²) in [7, 11) is 0. The lowest BCUT2D eigenvalue weighted by molar-refractivity contribution is -0.123. The van der Waals surface area contributed by atoms with Crippen molar-refractivity contribution < 1.29 is 23.9 Å². The van der Waals surface area contributed by atoms with Crippen molar-refractivity contribution in [1.29, 1.82) is 0 Å². The molecule has 1 aromatic carbocycles. The van der Waals surface area contributed by atoms with Crippen molar-refractivity contribution in [2.75, 3.05) is 29.9 Å². The Bertz CT molecular complexity index is 974. The van der Waals surface area contributed by atoms with Gasteiger partial charge in [-0.15, -0.1) is 0 Å². The number of rotatable bonds is 7. The van der Waals surface area contributed by atoms with Gasteiger partial charge >= 0.3 is 11.9 Å². The Labute approximate surface area is 188 Å². The smallest absolute Gasteiger partial charge is 0.355 e. The molecule has 0 spiro atoms. The molecule has 8 nitrogen and oxygen atoms in total. The van der Waals surface area contributed by atoms with Crippen molar-refractivity contribution in [2.24, 2.45) is 0 Å². The number of aryl methyl sites for hydroxylation is 1. The number of esters is 2. The normalized spacial score (nSPS) is 14.6. The van der Waals surface area contributed by atoms with Crippen LogP contribution in [0.2, 0.25) is 0 Å². The number of ether oxygens (including phenoxy) is 2. The number of nitrogens with one attached hydrogen (secondary N) is 2. The van der Waals surface area contributed by atoms with Crippen molar-refractivity contribution in [3.63, 3.8) is 0 Å². The minimum Gasteiger partial charge on any atom is -0.461 e. The number of carbonyl (C=O) groups excluding carboxylic acids is 3. The standard InChI is InChI=1S/C24H31N3O5/c1-5-31-24(30)21-15(2)20(16(3)25-21)23(29)32-17(4)22(28)26-18-9-11-19(12-10-18)27-13-7-6-8-14-27/h9-12,17,25H,5-8,13-14H2,1-4H3,(H,26,28)/t17-/m1/s1. The monoisotopic (exact) mass is 441 g/mol. The Morgan fingerprint density at radius 2 is 1.72 bits per heavy atom. The first kappa shape index (κ1) is 23.4. The van der Waals surface area contributed by atoms with E-state index < -0.39 is 23.9 Å². The summed E-state index contributed by atoms with van der Waals surface area (Å²) < 4.78 is 10.4. The van der Waals surface area contributed by atoms with Crippen LogP contribution in [0.1, 0.15) is 65.2 Å². The van der Waals surface area contributed by atoms with Crippen molar-refractivity contribution >= 4 is 29.2 Å². The van der Waals surface area contributed by atoms with E-state index >= 15 is 0 Å². The SMILES string of the molecule is CCOC(=O)c1[nH]c(C)c(C(=O)O[C@H](C)C(=O)Nc2ccc(N3CCCCC3)cc2)c1C. The van der Waals surface area contributed by atoms with Gasteiger partial charge in [-0.05, 0) is 76.8 Å². The number of aromatic nitrogens is 1. The van der Waals surface area contributed by atoms with E-state index in [0.29, 0.717) is 16.9 Å². The molecule has 2 aromatic rings. The summed E-state index contributed by atoms with van der Waals surface area (Å²) >= 11 is 0. The van der Waals surface area contributed by atoms with Gasteiger partial charge in [0, 0.05) is 30.2 Å². The topological polar surface area (TPSA) is 101 Å². The lowest BCUT2D eigenvalue weighted by atomic mass is 10.1. The van der Waals surface area contributed by atoms with Gasteiger partial charge in [0.1, 0.15) is 5.69 Å². The number of H-pyrrole nitrogens is 1. The Balaban J connectivity index is 1.61. The predicted octanol–water partition coefficient (Wildman–Crippen LogP) is 3.98. The first-order chi connectivity index (χ1) is 15.3. The van der Waals surface area contributed by atoms with Crippen LogP contribution in [0.5, 0.6) is 0 Å². The molecular weight excluding hydrogens is 410 g/mol. The summed E-state index contributed by atoms with van der Waals surface area (Å²) in [4.78, 5) is 42.5. The van der Waals surface area contributed by atoms with Gasteiger partial charge in [0.2, 0.25) is 0 Å². The number of hydrogen-bond acceptors (Lipinski definition) is 6. The highest BCUT2D eigenvalue weighted by atomic mass is 16.5. The molecular formula is C24H31N3O5. The predicted molar refractivity (Wildman–Crippen MR) is 122 cm³/mol. The molecule has 172 valence electrons. The summed E-state index contributed by atoms with van der Waals surface area (Å²) in [5.74, 6) is -1.64. The number of benzene rings is 1. The highest BCUT2D eigenvalue weighted by molar-refractivity contribution is 6.01. The zero-order valence-electron chi connectivity index (χ0n) is 19.1. The third-order valence-electron chi connectivity index (χ3n) is 5.63. The largest absolute Gasteiger partial charge is 0.461 e. The fourth-order valence-electron chi connectivity index (χ4n) is 3.89. The van der Waals surface area contributed by atoms with Crippen molar-refractivity contribution in [3.05, 3.63) is 46.8 Å². The summed E-state index contributed by atoms with van der Waals surface area (Å²) in [5.41, 5.74) is 3.14. The van der Waals surface area contributed by atoms with Crippen molar-refractivity contribution in [3.8, 4) is 0 Å². The van der Waals surface area contributed by atoms with Crippen LogP contribution in [0.4, 0.5) is 11.4 Å². The lowest BCUT2D eigenvalue weighted by Crippen LogP contribution is -2.30. The summed E-state index contributed by atoms with van der Waals surface area (Å²) in [6, 6.07) is 7.67. The number of carbonyl (C=O) groups is 3. The third-order valence-corrected chi connectivity index (χ3v) is 5.63. The molecule has 0 radical (unpaired) electrons. The molecule has 1 amide bonds. The van der Waals surface area contributed by atoms with Crippen LogP contribution in [-0.4, -0.2) is 48.6 Å². The first-order valence-electron chi connectivity index (χ1n) is 11.0. The van der Waals surface area contributed by atoms with E-state index in [1.54, 1.807) is 20.8 Å². The quantitative estimate of drug-likeness (QED) is 0.631. The molecule has 32 heavy (non-hydrogen) atoms. The molecule has 0 bridgehead atoms. The highest BCUT2D eigenvalue weighted by Crippen LogP contribution is 2.23. The minimum absolute atomic E-state index is 0.210. The van der Waals surface area contributed by atoms with E-state index in [4.69, 9.17) is 9.47 Å². The number of aromatic amines is 1. The van der Waals surface area contributed by atoms with E-state index in [0.717, 1.165) is 18.8 Å². The van der Waals surface area contributed by atoms with E-state index in [2.05, 4.69) is 15.2 Å². The molecule has 1 aliphatic heterocycles. The molecule has 2 heterocycles. The van der Waals surface area contributed by atoms with Gasteiger partial charge in [-0.1, -0.05) is 0 Å².